The maximum atomic E-state index is 12.7. The topological polar surface area (TPSA) is 96.6 Å². The van der Waals surface area contributed by atoms with Gasteiger partial charge < -0.3 is 14.2 Å². The Bertz CT molecular complexity index is 1200. The Hall–Kier alpha value is -3.98. The number of ether oxygens (including phenoxy) is 1. The highest BCUT2D eigenvalue weighted by Gasteiger charge is 2.22. The molecule has 3 heterocycles. The molecule has 0 spiro atoms. The molecule has 0 aliphatic carbocycles. The first-order chi connectivity index (χ1) is 15.7. The van der Waals surface area contributed by atoms with Crippen LogP contribution in [0.5, 0.6) is 11.8 Å². The van der Waals surface area contributed by atoms with Crippen LogP contribution in [0.4, 0.5) is 10.6 Å². The van der Waals surface area contributed by atoms with E-state index in [-0.39, 0.29) is 6.03 Å². The fourth-order valence-electron chi connectivity index (χ4n) is 3.67. The Kier molecular flexibility index (Phi) is 5.63. The predicted octanol–water partition coefficient (Wildman–Crippen LogP) is 3.76. The van der Waals surface area contributed by atoms with Crippen LogP contribution in [0, 0.1) is 0 Å². The number of carbonyl (C=O) groups is 1. The third kappa shape index (κ3) is 4.52. The molecule has 1 aliphatic rings. The number of hydrogen-bond acceptors (Lipinski definition) is 7. The Morgan fingerprint density at radius 1 is 1.00 bits per heavy atom. The molecule has 0 saturated carbocycles. The molecule has 1 N–H and O–H groups in total. The van der Waals surface area contributed by atoms with Gasteiger partial charge in [-0.2, -0.15) is 0 Å². The lowest BCUT2D eigenvalue weighted by molar-refractivity contribution is 0.143. The number of para-hydroxylation sites is 1. The largest absolute Gasteiger partial charge is 0.424 e. The van der Waals surface area contributed by atoms with Gasteiger partial charge in [-0.05, 0) is 35.9 Å². The molecule has 32 heavy (non-hydrogen) atoms. The molecular weight excluding hydrogens is 408 g/mol. The summed E-state index contributed by atoms with van der Waals surface area (Å²) in [7, 11) is 0. The van der Waals surface area contributed by atoms with Crippen LogP contribution in [-0.2, 0) is 6.54 Å². The smallest absolute Gasteiger partial charge is 0.323 e. The highest BCUT2D eigenvalue weighted by molar-refractivity contribution is 5.98. The minimum atomic E-state index is -0.165. The number of benzene rings is 2. The first-order valence-corrected chi connectivity index (χ1v) is 10.4. The molecule has 2 aromatic heterocycles. The number of aromatic nitrogens is 3. The first-order valence-electron chi connectivity index (χ1n) is 10.4. The molecule has 1 fully saturated rings. The fourth-order valence-corrected chi connectivity index (χ4v) is 3.67. The third-order valence-corrected chi connectivity index (χ3v) is 5.32. The van der Waals surface area contributed by atoms with Crippen LogP contribution in [0.2, 0.25) is 0 Å². The number of urea groups is 1. The molecule has 162 valence electrons. The number of fused-ring (bicyclic) bond motifs is 1. The molecule has 9 nitrogen and oxygen atoms in total. The van der Waals surface area contributed by atoms with E-state index in [4.69, 9.17) is 9.26 Å². The van der Waals surface area contributed by atoms with Crippen LogP contribution in [0.3, 0.4) is 0 Å². The van der Waals surface area contributed by atoms with Gasteiger partial charge in [-0.1, -0.05) is 29.4 Å². The lowest BCUT2D eigenvalue weighted by atomic mass is 10.2. The van der Waals surface area contributed by atoms with Crippen molar-refractivity contribution in [2.45, 2.75) is 6.54 Å². The molecule has 5 rings (SSSR count). The highest BCUT2D eigenvalue weighted by atomic mass is 16.5. The molecule has 1 saturated heterocycles. The fraction of sp³-hybridized carbons (Fsp3) is 0.217. The summed E-state index contributed by atoms with van der Waals surface area (Å²) in [6, 6.07) is 17.3. The van der Waals surface area contributed by atoms with Crippen molar-refractivity contribution in [2.75, 3.05) is 31.5 Å². The summed E-state index contributed by atoms with van der Waals surface area (Å²) in [4.78, 5) is 25.0. The van der Waals surface area contributed by atoms with Gasteiger partial charge in [0.05, 0.1) is 5.39 Å². The Labute approximate surface area is 184 Å². The highest BCUT2D eigenvalue weighted by Crippen LogP contribution is 2.23. The van der Waals surface area contributed by atoms with Crippen molar-refractivity contribution in [2.24, 2.45) is 0 Å². The molecule has 4 aromatic rings. The van der Waals surface area contributed by atoms with Crippen LogP contribution in [-0.4, -0.2) is 57.1 Å². The van der Waals surface area contributed by atoms with E-state index in [1.54, 1.807) is 23.4 Å². The summed E-state index contributed by atoms with van der Waals surface area (Å²) in [5.74, 6) is 1.15. The van der Waals surface area contributed by atoms with Crippen molar-refractivity contribution in [1.82, 2.24) is 24.9 Å². The second kappa shape index (κ2) is 9.03. The minimum absolute atomic E-state index is 0.165. The van der Waals surface area contributed by atoms with Crippen molar-refractivity contribution >= 4 is 22.8 Å². The van der Waals surface area contributed by atoms with Crippen molar-refractivity contribution in [1.29, 1.82) is 0 Å². The maximum Gasteiger partial charge on any atom is 0.323 e. The van der Waals surface area contributed by atoms with E-state index in [1.165, 1.54) is 0 Å². The third-order valence-electron chi connectivity index (χ3n) is 5.32. The average molecular weight is 430 g/mol. The van der Waals surface area contributed by atoms with Gasteiger partial charge in [-0.15, -0.1) is 0 Å². The molecule has 2 amide bonds. The van der Waals surface area contributed by atoms with E-state index in [0.29, 0.717) is 36.3 Å². The number of nitrogens with one attached hydrogen (secondary N) is 1. The van der Waals surface area contributed by atoms with Crippen LogP contribution in [0.1, 0.15) is 5.56 Å². The van der Waals surface area contributed by atoms with E-state index in [1.807, 2.05) is 42.5 Å². The van der Waals surface area contributed by atoms with E-state index in [0.717, 1.165) is 30.6 Å². The molecule has 0 bridgehead atoms. The van der Waals surface area contributed by atoms with Crippen LogP contribution >= 0.6 is 0 Å². The summed E-state index contributed by atoms with van der Waals surface area (Å²) in [5.41, 5.74) is 1.78. The molecule has 0 radical (unpaired) electrons. The number of piperazine rings is 1. The predicted molar refractivity (Wildman–Crippen MR) is 118 cm³/mol. The number of rotatable bonds is 5. The van der Waals surface area contributed by atoms with E-state index < -0.39 is 0 Å². The summed E-state index contributed by atoms with van der Waals surface area (Å²) < 4.78 is 11.0. The zero-order valence-electron chi connectivity index (χ0n) is 17.3. The summed E-state index contributed by atoms with van der Waals surface area (Å²) >= 11 is 0. The van der Waals surface area contributed by atoms with Gasteiger partial charge in [0.1, 0.15) is 5.75 Å². The average Bonchev–Trinajstić information content (AvgIpc) is 3.23. The summed E-state index contributed by atoms with van der Waals surface area (Å²) in [6.07, 6.45) is 3.29. The SMILES string of the molecule is O=C(Nc1noc2ccccc12)N1CCN(Cc2cccc(Oc3ncccn3)c2)CC1. The van der Waals surface area contributed by atoms with Crippen molar-refractivity contribution in [3.63, 3.8) is 0 Å². The molecule has 0 unspecified atom stereocenters. The van der Waals surface area contributed by atoms with E-state index >= 15 is 0 Å². The van der Waals surface area contributed by atoms with Gasteiger partial charge in [-0.25, -0.2) is 14.8 Å². The Morgan fingerprint density at radius 3 is 2.66 bits per heavy atom. The number of amides is 2. The monoisotopic (exact) mass is 430 g/mol. The van der Waals surface area contributed by atoms with Crippen LogP contribution in [0.25, 0.3) is 11.0 Å². The van der Waals surface area contributed by atoms with Crippen LogP contribution < -0.4 is 10.1 Å². The molecule has 0 atom stereocenters. The maximum absolute atomic E-state index is 12.7. The molecule has 2 aromatic carbocycles. The van der Waals surface area contributed by atoms with Gasteiger partial charge >= 0.3 is 12.0 Å². The number of carbonyl (C=O) groups excluding carboxylic acids is 1. The lowest BCUT2D eigenvalue weighted by Crippen LogP contribution is -2.49. The molecule has 1 aliphatic heterocycles. The van der Waals surface area contributed by atoms with Gasteiger partial charge in [0, 0.05) is 45.1 Å². The second-order valence-electron chi connectivity index (χ2n) is 7.50. The number of hydrogen-bond donors (Lipinski definition) is 1. The molecular formula is C23H22N6O3. The van der Waals surface area contributed by atoms with E-state index in [9.17, 15) is 4.79 Å². The Morgan fingerprint density at radius 2 is 1.81 bits per heavy atom. The zero-order chi connectivity index (χ0) is 21.8. The van der Waals surface area contributed by atoms with Gasteiger partial charge in [0.15, 0.2) is 11.4 Å². The lowest BCUT2D eigenvalue weighted by Gasteiger charge is -2.34. The van der Waals surface area contributed by atoms with E-state index in [2.05, 4.69) is 31.4 Å². The second-order valence-corrected chi connectivity index (χ2v) is 7.50. The molecule has 9 heteroatoms. The quantitative estimate of drug-likeness (QED) is 0.515. The summed E-state index contributed by atoms with van der Waals surface area (Å²) in [5, 5.41) is 7.63. The van der Waals surface area contributed by atoms with Crippen molar-refractivity contribution in [3.8, 4) is 11.8 Å². The first kappa shape index (κ1) is 20.0. The van der Waals surface area contributed by atoms with Crippen molar-refractivity contribution in [3.05, 3.63) is 72.6 Å². The number of nitrogens with zero attached hydrogens (tertiary/aromatic N) is 5. The van der Waals surface area contributed by atoms with Gasteiger partial charge in [-0.3, -0.25) is 10.2 Å². The Balaban J connectivity index is 1.15. The number of anilines is 1. The zero-order valence-corrected chi connectivity index (χ0v) is 17.3. The standard InChI is InChI=1S/C23H22N6O3/c30-23(26-21-19-7-1-2-8-20(19)32-27-21)29-13-11-28(12-14-29)16-17-5-3-6-18(15-17)31-22-24-9-4-10-25-22/h1-10,15H,11-14,16H2,(H,26,27,30). The van der Waals surface area contributed by atoms with Gasteiger partial charge in [0.25, 0.3) is 0 Å². The summed E-state index contributed by atoms with van der Waals surface area (Å²) in [6.45, 7) is 3.60. The van der Waals surface area contributed by atoms with Gasteiger partial charge in [0.2, 0.25) is 0 Å². The van der Waals surface area contributed by atoms with Crippen molar-refractivity contribution < 1.29 is 14.1 Å². The minimum Gasteiger partial charge on any atom is -0.424 e. The normalized spacial score (nSPS) is 14.4. The van der Waals surface area contributed by atoms with Crippen LogP contribution in [0.15, 0.2) is 71.5 Å².